The molecular formula is C9H15NOS. The van der Waals surface area contributed by atoms with Crippen LogP contribution in [0.1, 0.15) is 32.1 Å². The predicted molar refractivity (Wildman–Crippen MR) is 50.0 cm³/mol. The van der Waals surface area contributed by atoms with Crippen molar-refractivity contribution in [2.45, 2.75) is 37.4 Å². The first-order valence-corrected chi connectivity index (χ1v) is 6.09. The molecule has 0 saturated heterocycles. The van der Waals surface area contributed by atoms with Crippen LogP contribution >= 0.6 is 0 Å². The smallest absolute Gasteiger partial charge is 0.0668 e. The molecule has 12 heavy (non-hydrogen) atoms. The lowest BCUT2D eigenvalue weighted by atomic mass is 10.0. The lowest BCUT2D eigenvalue weighted by Gasteiger charge is -2.15. The third-order valence-corrected chi connectivity index (χ3v) is 3.96. The van der Waals surface area contributed by atoms with Crippen LogP contribution < -0.4 is 0 Å². The van der Waals surface area contributed by atoms with E-state index >= 15 is 0 Å². The van der Waals surface area contributed by atoms with Gasteiger partial charge in [-0.2, -0.15) is 5.26 Å². The second-order valence-electron chi connectivity index (χ2n) is 3.41. The Hall–Kier alpha value is -0.360. The van der Waals surface area contributed by atoms with Gasteiger partial charge in [0.25, 0.3) is 0 Å². The molecule has 0 aromatic carbocycles. The number of nitriles is 1. The summed E-state index contributed by atoms with van der Waals surface area (Å²) in [5.41, 5.74) is 0. The molecule has 2 nitrogen and oxygen atoms in total. The first-order valence-electron chi connectivity index (χ1n) is 4.47. The molecule has 1 aliphatic rings. The number of nitrogens with zero attached hydrogens (tertiary/aromatic N) is 1. The van der Waals surface area contributed by atoms with Crippen LogP contribution in [0.4, 0.5) is 0 Å². The van der Waals surface area contributed by atoms with Gasteiger partial charge >= 0.3 is 0 Å². The van der Waals surface area contributed by atoms with E-state index in [4.69, 9.17) is 5.26 Å². The maximum Gasteiger partial charge on any atom is 0.0668 e. The summed E-state index contributed by atoms with van der Waals surface area (Å²) in [5, 5.41) is 8.99. The minimum Gasteiger partial charge on any atom is -0.260 e. The minimum absolute atomic E-state index is 0.0401. The van der Waals surface area contributed by atoms with Crippen LogP contribution in [0.2, 0.25) is 0 Å². The van der Waals surface area contributed by atoms with Gasteiger partial charge in [-0.1, -0.05) is 19.3 Å². The SMILES string of the molecule is CS(=O)C1CCCCCC1C#N. The highest BCUT2D eigenvalue weighted by atomic mass is 32.2. The van der Waals surface area contributed by atoms with E-state index in [-0.39, 0.29) is 11.2 Å². The Bertz CT molecular complexity index is 209. The average molecular weight is 185 g/mol. The van der Waals surface area contributed by atoms with Crippen molar-refractivity contribution in [3.63, 3.8) is 0 Å². The van der Waals surface area contributed by atoms with Crippen LogP contribution in [-0.4, -0.2) is 15.7 Å². The fourth-order valence-electron chi connectivity index (χ4n) is 1.82. The van der Waals surface area contributed by atoms with E-state index in [0.717, 1.165) is 25.7 Å². The van der Waals surface area contributed by atoms with E-state index in [1.54, 1.807) is 6.26 Å². The van der Waals surface area contributed by atoms with Gasteiger partial charge in [-0.25, -0.2) is 0 Å². The van der Waals surface area contributed by atoms with Gasteiger partial charge in [-0.15, -0.1) is 0 Å². The van der Waals surface area contributed by atoms with Crippen LogP contribution in [0.25, 0.3) is 0 Å². The molecule has 1 fully saturated rings. The van der Waals surface area contributed by atoms with Crippen molar-refractivity contribution in [3.05, 3.63) is 0 Å². The molecule has 0 radical (unpaired) electrons. The molecule has 0 aromatic heterocycles. The van der Waals surface area contributed by atoms with Gasteiger partial charge in [-0.05, 0) is 12.8 Å². The highest BCUT2D eigenvalue weighted by Gasteiger charge is 2.25. The van der Waals surface area contributed by atoms with Crippen LogP contribution in [0.5, 0.6) is 0 Å². The van der Waals surface area contributed by atoms with Crippen LogP contribution in [0, 0.1) is 17.2 Å². The van der Waals surface area contributed by atoms with Gasteiger partial charge in [0.15, 0.2) is 0 Å². The zero-order valence-corrected chi connectivity index (χ0v) is 8.27. The van der Waals surface area contributed by atoms with Gasteiger partial charge in [0.1, 0.15) is 0 Å². The lowest BCUT2D eigenvalue weighted by molar-refractivity contribution is 0.566. The molecule has 0 bridgehead atoms. The molecule has 0 heterocycles. The quantitative estimate of drug-likeness (QED) is 0.585. The molecule has 3 unspecified atom stereocenters. The van der Waals surface area contributed by atoms with Crippen LogP contribution in [0.15, 0.2) is 0 Å². The van der Waals surface area contributed by atoms with Gasteiger partial charge in [0, 0.05) is 17.1 Å². The standard InChI is InChI=1S/C9H15NOS/c1-12(11)9-6-4-2-3-5-8(9)7-10/h8-9H,2-6H2,1H3. The zero-order chi connectivity index (χ0) is 8.97. The molecule has 0 amide bonds. The Morgan fingerprint density at radius 3 is 2.58 bits per heavy atom. The average Bonchev–Trinajstić information content (AvgIpc) is 2.27. The number of rotatable bonds is 1. The van der Waals surface area contributed by atoms with Crippen molar-refractivity contribution in [1.82, 2.24) is 0 Å². The Kier molecular flexibility index (Phi) is 3.74. The molecule has 0 aromatic rings. The van der Waals surface area contributed by atoms with E-state index < -0.39 is 10.8 Å². The maximum atomic E-state index is 11.3. The Morgan fingerprint density at radius 1 is 1.33 bits per heavy atom. The van der Waals surface area contributed by atoms with Crippen molar-refractivity contribution in [2.24, 2.45) is 5.92 Å². The topological polar surface area (TPSA) is 40.9 Å². The number of hydrogen-bond donors (Lipinski definition) is 0. The Morgan fingerprint density at radius 2 is 2.00 bits per heavy atom. The molecular weight excluding hydrogens is 170 g/mol. The lowest BCUT2D eigenvalue weighted by Crippen LogP contribution is -2.22. The molecule has 0 aliphatic heterocycles. The number of hydrogen-bond acceptors (Lipinski definition) is 2. The zero-order valence-electron chi connectivity index (χ0n) is 7.45. The fourth-order valence-corrected chi connectivity index (χ4v) is 2.98. The summed E-state index contributed by atoms with van der Waals surface area (Å²) < 4.78 is 11.3. The summed E-state index contributed by atoms with van der Waals surface area (Å²) in [6.45, 7) is 0. The van der Waals surface area contributed by atoms with E-state index in [9.17, 15) is 4.21 Å². The summed E-state index contributed by atoms with van der Waals surface area (Å²) >= 11 is 0. The maximum absolute atomic E-state index is 11.3. The molecule has 1 rings (SSSR count). The van der Waals surface area contributed by atoms with Crippen molar-refractivity contribution in [1.29, 1.82) is 5.26 Å². The van der Waals surface area contributed by atoms with E-state index in [1.807, 2.05) is 0 Å². The summed E-state index contributed by atoms with van der Waals surface area (Å²) in [7, 11) is -0.816. The highest BCUT2D eigenvalue weighted by molar-refractivity contribution is 7.84. The van der Waals surface area contributed by atoms with Gasteiger partial charge in [0.05, 0.1) is 17.2 Å². The van der Waals surface area contributed by atoms with Crippen molar-refractivity contribution < 1.29 is 4.21 Å². The molecule has 1 aliphatic carbocycles. The first kappa shape index (κ1) is 9.73. The largest absolute Gasteiger partial charge is 0.260 e. The monoisotopic (exact) mass is 185 g/mol. The molecule has 0 N–H and O–H groups in total. The van der Waals surface area contributed by atoms with Crippen LogP contribution in [0.3, 0.4) is 0 Å². The van der Waals surface area contributed by atoms with Crippen molar-refractivity contribution in [2.75, 3.05) is 6.26 Å². The second-order valence-corrected chi connectivity index (χ2v) is 5.01. The van der Waals surface area contributed by atoms with Crippen molar-refractivity contribution >= 4 is 10.8 Å². The third kappa shape index (κ3) is 2.31. The summed E-state index contributed by atoms with van der Waals surface area (Å²) in [5.74, 6) is 0.0401. The third-order valence-electron chi connectivity index (χ3n) is 2.54. The Labute approximate surface area is 76.4 Å². The second kappa shape index (κ2) is 4.61. The van der Waals surface area contributed by atoms with E-state index in [0.29, 0.717) is 0 Å². The summed E-state index contributed by atoms with van der Waals surface area (Å²) in [6.07, 6.45) is 7.11. The molecule has 1 saturated carbocycles. The predicted octanol–water partition coefficient (Wildman–Crippen LogP) is 1.84. The van der Waals surface area contributed by atoms with Crippen LogP contribution in [-0.2, 0) is 10.8 Å². The summed E-state index contributed by atoms with van der Waals surface area (Å²) in [4.78, 5) is 0. The van der Waals surface area contributed by atoms with Crippen molar-refractivity contribution in [3.8, 4) is 6.07 Å². The molecule has 3 atom stereocenters. The molecule has 3 heteroatoms. The van der Waals surface area contributed by atoms with Gasteiger partial charge in [0.2, 0.25) is 0 Å². The molecule has 68 valence electrons. The van der Waals surface area contributed by atoms with E-state index in [1.165, 1.54) is 6.42 Å². The fraction of sp³-hybridized carbons (Fsp3) is 0.889. The first-order chi connectivity index (χ1) is 5.75. The minimum atomic E-state index is -0.816. The Balaban J connectivity index is 2.65. The molecule has 0 spiro atoms. The highest BCUT2D eigenvalue weighted by Crippen LogP contribution is 2.25. The van der Waals surface area contributed by atoms with Gasteiger partial charge < -0.3 is 0 Å². The normalized spacial score (nSPS) is 33.3. The van der Waals surface area contributed by atoms with Gasteiger partial charge in [-0.3, -0.25) is 4.21 Å². The van der Waals surface area contributed by atoms with E-state index in [2.05, 4.69) is 6.07 Å². The summed E-state index contributed by atoms with van der Waals surface area (Å²) in [6, 6.07) is 2.28.